The number of hydrogen-bond acceptors (Lipinski definition) is 4. The van der Waals surface area contributed by atoms with E-state index in [2.05, 4.69) is 10.1 Å². The molecule has 1 aliphatic heterocycles. The topological polar surface area (TPSA) is 51.0 Å². The molecule has 3 aromatic rings. The molecule has 0 atom stereocenters. The quantitative estimate of drug-likeness (QED) is 0.691. The summed E-state index contributed by atoms with van der Waals surface area (Å²) in [6.07, 6.45) is 3.39. The summed E-state index contributed by atoms with van der Waals surface area (Å²) in [5, 5.41) is 4.31. The molecule has 26 heavy (non-hydrogen) atoms. The summed E-state index contributed by atoms with van der Waals surface area (Å²) in [5.74, 6) is 0.105. The highest BCUT2D eigenvalue weighted by molar-refractivity contribution is 7.99. The minimum atomic E-state index is -0.472. The number of fused-ring (bicyclic) bond motifs is 1. The third-order valence-corrected chi connectivity index (χ3v) is 5.34. The number of aryl methyl sites for hydroxylation is 2. The van der Waals surface area contributed by atoms with Crippen molar-refractivity contribution in [3.05, 3.63) is 65.5 Å². The van der Waals surface area contributed by atoms with Crippen molar-refractivity contribution in [3.8, 4) is 5.69 Å². The number of halogens is 1. The molecule has 4 rings (SSSR count). The van der Waals surface area contributed by atoms with E-state index >= 15 is 0 Å². The van der Waals surface area contributed by atoms with Crippen LogP contribution in [0.2, 0.25) is 0 Å². The lowest BCUT2D eigenvalue weighted by atomic mass is 10.1. The van der Waals surface area contributed by atoms with Crippen LogP contribution in [0.3, 0.4) is 0 Å². The summed E-state index contributed by atoms with van der Waals surface area (Å²) in [4.78, 5) is 19.7. The van der Waals surface area contributed by atoms with Crippen LogP contribution >= 0.6 is 11.8 Å². The fourth-order valence-corrected chi connectivity index (χ4v) is 4.08. The van der Waals surface area contributed by atoms with E-state index in [-0.39, 0.29) is 5.91 Å². The minimum absolute atomic E-state index is 0.224. The van der Waals surface area contributed by atoms with Crippen molar-refractivity contribution in [2.45, 2.75) is 18.7 Å². The molecule has 0 fully saturated rings. The molecule has 2 aromatic heterocycles. The van der Waals surface area contributed by atoms with Crippen molar-refractivity contribution in [1.82, 2.24) is 14.8 Å². The van der Waals surface area contributed by atoms with Crippen LogP contribution in [-0.2, 0) is 0 Å². The molecular formula is C19H17FN4OS. The van der Waals surface area contributed by atoms with Crippen molar-refractivity contribution in [3.63, 3.8) is 0 Å². The number of aromatic nitrogens is 3. The maximum absolute atomic E-state index is 14.7. The lowest BCUT2D eigenvalue weighted by Gasteiger charge is -2.28. The van der Waals surface area contributed by atoms with Gasteiger partial charge >= 0.3 is 0 Å². The van der Waals surface area contributed by atoms with Gasteiger partial charge in [-0.05, 0) is 44.2 Å². The van der Waals surface area contributed by atoms with E-state index in [0.29, 0.717) is 17.8 Å². The maximum Gasteiger partial charge on any atom is 0.258 e. The van der Waals surface area contributed by atoms with Crippen LogP contribution in [0.1, 0.15) is 21.7 Å². The average molecular weight is 368 g/mol. The van der Waals surface area contributed by atoms with Gasteiger partial charge in [0.1, 0.15) is 11.5 Å². The monoisotopic (exact) mass is 368 g/mol. The summed E-state index contributed by atoms with van der Waals surface area (Å²) >= 11 is 1.69. The zero-order chi connectivity index (χ0) is 18.3. The summed E-state index contributed by atoms with van der Waals surface area (Å²) in [6.45, 7) is 4.30. The van der Waals surface area contributed by atoms with Crippen LogP contribution < -0.4 is 4.90 Å². The van der Waals surface area contributed by atoms with E-state index in [9.17, 15) is 9.18 Å². The highest BCUT2D eigenvalue weighted by atomic mass is 32.2. The van der Waals surface area contributed by atoms with Crippen molar-refractivity contribution >= 4 is 23.4 Å². The Labute approximate surface area is 154 Å². The van der Waals surface area contributed by atoms with Gasteiger partial charge in [-0.15, -0.1) is 11.8 Å². The predicted octanol–water partition coefficient (Wildman–Crippen LogP) is 3.78. The molecule has 0 bridgehead atoms. The predicted molar refractivity (Wildman–Crippen MR) is 99.6 cm³/mol. The summed E-state index contributed by atoms with van der Waals surface area (Å²) in [5.41, 5.74) is 3.08. The van der Waals surface area contributed by atoms with Gasteiger partial charge in [0.25, 0.3) is 5.91 Å². The molecule has 0 spiro atoms. The smallest absolute Gasteiger partial charge is 0.258 e. The molecular weight excluding hydrogens is 351 g/mol. The number of rotatable bonds is 2. The zero-order valence-corrected chi connectivity index (χ0v) is 15.3. The van der Waals surface area contributed by atoms with Gasteiger partial charge in [-0.25, -0.2) is 9.07 Å². The first kappa shape index (κ1) is 16.8. The fourth-order valence-electron chi connectivity index (χ4n) is 3.12. The van der Waals surface area contributed by atoms with E-state index < -0.39 is 5.82 Å². The highest BCUT2D eigenvalue weighted by Crippen LogP contribution is 2.34. The van der Waals surface area contributed by atoms with E-state index in [1.807, 2.05) is 26.0 Å². The van der Waals surface area contributed by atoms with Gasteiger partial charge in [-0.1, -0.05) is 0 Å². The molecule has 0 N–H and O–H groups in total. The Morgan fingerprint density at radius 3 is 2.77 bits per heavy atom. The molecule has 5 nitrogen and oxygen atoms in total. The second-order valence-corrected chi connectivity index (χ2v) is 7.29. The van der Waals surface area contributed by atoms with Gasteiger partial charge in [0.2, 0.25) is 0 Å². The van der Waals surface area contributed by atoms with E-state index in [1.54, 1.807) is 45.9 Å². The number of amides is 1. The van der Waals surface area contributed by atoms with Crippen LogP contribution in [0.5, 0.6) is 0 Å². The molecule has 0 saturated carbocycles. The number of pyridine rings is 1. The molecule has 0 aliphatic carbocycles. The second-order valence-electron chi connectivity index (χ2n) is 6.15. The molecule has 0 radical (unpaired) electrons. The van der Waals surface area contributed by atoms with Crippen LogP contribution in [0.4, 0.5) is 10.1 Å². The summed E-state index contributed by atoms with van der Waals surface area (Å²) in [7, 11) is 0. The molecule has 7 heteroatoms. The second kappa shape index (κ2) is 6.57. The van der Waals surface area contributed by atoms with E-state index in [1.165, 1.54) is 6.07 Å². The average Bonchev–Trinajstić information content (AvgIpc) is 2.98. The number of anilines is 1. The normalized spacial score (nSPS) is 13.6. The third-order valence-electron chi connectivity index (χ3n) is 4.30. The summed E-state index contributed by atoms with van der Waals surface area (Å²) < 4.78 is 16.3. The molecule has 1 amide bonds. The Hall–Kier alpha value is -2.67. The lowest BCUT2D eigenvalue weighted by Crippen LogP contribution is -2.35. The molecule has 132 valence electrons. The van der Waals surface area contributed by atoms with Crippen LogP contribution in [0.25, 0.3) is 5.69 Å². The Morgan fingerprint density at radius 1 is 1.19 bits per heavy atom. The number of benzene rings is 1. The molecule has 0 saturated heterocycles. The van der Waals surface area contributed by atoms with Gasteiger partial charge in [0, 0.05) is 34.6 Å². The van der Waals surface area contributed by atoms with E-state index in [0.717, 1.165) is 27.7 Å². The fraction of sp³-hybridized carbons (Fsp3) is 0.211. The van der Waals surface area contributed by atoms with Gasteiger partial charge in [0.15, 0.2) is 0 Å². The molecule has 0 unspecified atom stereocenters. The first-order chi connectivity index (χ1) is 12.5. The van der Waals surface area contributed by atoms with Gasteiger partial charge in [-0.3, -0.25) is 9.78 Å². The molecule has 1 aromatic carbocycles. The maximum atomic E-state index is 14.7. The number of carbonyl (C=O) groups is 1. The van der Waals surface area contributed by atoms with Gasteiger partial charge in [-0.2, -0.15) is 5.10 Å². The van der Waals surface area contributed by atoms with Crippen LogP contribution in [0, 0.1) is 19.7 Å². The van der Waals surface area contributed by atoms with Crippen molar-refractivity contribution in [2.24, 2.45) is 0 Å². The van der Waals surface area contributed by atoms with Gasteiger partial charge < -0.3 is 4.90 Å². The van der Waals surface area contributed by atoms with Crippen molar-refractivity contribution in [2.75, 3.05) is 17.2 Å². The van der Waals surface area contributed by atoms with Crippen molar-refractivity contribution < 1.29 is 9.18 Å². The summed E-state index contributed by atoms with van der Waals surface area (Å²) in [6, 6.07) is 8.31. The largest absolute Gasteiger partial charge is 0.305 e. The Kier molecular flexibility index (Phi) is 4.24. The highest BCUT2D eigenvalue weighted by Gasteiger charge is 2.25. The lowest BCUT2D eigenvalue weighted by molar-refractivity contribution is 0.0987. The van der Waals surface area contributed by atoms with Gasteiger partial charge in [0.05, 0.1) is 17.6 Å². The Bertz CT molecular complexity index is 1000. The Morgan fingerprint density at radius 2 is 2.04 bits per heavy atom. The van der Waals surface area contributed by atoms with Crippen LogP contribution in [-0.4, -0.2) is 33.0 Å². The SMILES string of the molecule is Cc1cc(C)n(-c2ccc(C(=O)N3CCSc4ccncc43)cc2F)n1. The number of carbonyl (C=O) groups excluding carboxylic acids is 1. The van der Waals surface area contributed by atoms with Crippen LogP contribution in [0.15, 0.2) is 47.6 Å². The number of hydrogen-bond donors (Lipinski definition) is 0. The van der Waals surface area contributed by atoms with E-state index in [4.69, 9.17) is 0 Å². The standard InChI is InChI=1S/C19H17FN4OS/c1-12-9-13(2)24(22-12)16-4-3-14(10-15(16)20)19(25)23-7-8-26-18-5-6-21-11-17(18)23/h3-6,9-11H,7-8H2,1-2H3. The first-order valence-electron chi connectivity index (χ1n) is 8.26. The Balaban J connectivity index is 1.68. The minimum Gasteiger partial charge on any atom is -0.305 e. The first-order valence-corrected chi connectivity index (χ1v) is 9.25. The number of nitrogens with zero attached hydrogens (tertiary/aromatic N) is 4. The molecule has 3 heterocycles. The third kappa shape index (κ3) is 2.88. The number of thioether (sulfide) groups is 1. The van der Waals surface area contributed by atoms with Crippen molar-refractivity contribution in [1.29, 1.82) is 0 Å². The zero-order valence-electron chi connectivity index (χ0n) is 14.4. The molecule has 1 aliphatic rings.